The smallest absolute Gasteiger partial charge is 0.326 e. The second-order valence-electron chi connectivity index (χ2n) is 9.12. The highest BCUT2D eigenvalue weighted by Gasteiger charge is 2.36. The van der Waals surface area contributed by atoms with Gasteiger partial charge in [0.1, 0.15) is 12.4 Å². The Bertz CT molecular complexity index is 1010. The highest BCUT2D eigenvalue weighted by atomic mass is 32.1. The van der Waals surface area contributed by atoms with Crippen LogP contribution in [0.4, 0.5) is 10.5 Å². The Kier molecular flexibility index (Phi) is 4.85. The van der Waals surface area contributed by atoms with Crippen molar-refractivity contribution in [1.82, 2.24) is 19.5 Å². The number of benzene rings is 1. The minimum atomic E-state index is -0.0848. The molecule has 8 nitrogen and oxygen atoms in total. The Balaban J connectivity index is 1.16. The van der Waals surface area contributed by atoms with E-state index in [1.807, 2.05) is 18.2 Å². The molecular weight excluding hydrogens is 414 g/mol. The van der Waals surface area contributed by atoms with Crippen molar-refractivity contribution in [3.63, 3.8) is 0 Å². The molecule has 5 heterocycles. The lowest BCUT2D eigenvalue weighted by molar-refractivity contribution is 0.0471. The maximum atomic E-state index is 13.0. The zero-order valence-corrected chi connectivity index (χ0v) is 18.3. The van der Waals surface area contributed by atoms with E-state index in [1.54, 1.807) is 9.80 Å². The molecule has 9 heteroatoms. The van der Waals surface area contributed by atoms with Gasteiger partial charge in [-0.05, 0) is 74.4 Å². The number of nitrogens with zero attached hydrogens (tertiary/aromatic N) is 4. The number of piperidine rings is 3. The third-order valence-corrected chi connectivity index (χ3v) is 7.85. The fourth-order valence-corrected chi connectivity index (χ4v) is 5.80. The molecule has 5 fully saturated rings. The van der Waals surface area contributed by atoms with Crippen LogP contribution in [0.3, 0.4) is 0 Å². The summed E-state index contributed by atoms with van der Waals surface area (Å²) in [6.07, 6.45) is 4.87. The number of urea groups is 1. The molecule has 3 amide bonds. The Hall–Kier alpha value is -2.23. The topological polar surface area (TPSA) is 78.0 Å². The average Bonchev–Trinajstić information content (AvgIpc) is 3.41. The molecule has 1 aromatic heterocycles. The standard InChI is InChI=1S/C22H27N5O3S/c28-21(23-18-12-25-7-5-14(18)6-8-25)20-17-4-1-15(11-19(17)31-24-20)27-10-9-26(22(27)29)13-30-16-2-3-16/h1,4,11,14,16,18H,2-3,5-10,12-13H2,(H,23,28)/t18-/m1/s1. The monoisotopic (exact) mass is 441 g/mol. The molecule has 164 valence electrons. The minimum absolute atomic E-state index is 0.0233. The maximum absolute atomic E-state index is 13.0. The van der Waals surface area contributed by atoms with E-state index in [9.17, 15) is 9.59 Å². The van der Waals surface area contributed by atoms with Crippen molar-refractivity contribution < 1.29 is 14.3 Å². The second-order valence-corrected chi connectivity index (χ2v) is 9.93. The van der Waals surface area contributed by atoms with Gasteiger partial charge in [-0.25, -0.2) is 4.79 Å². The van der Waals surface area contributed by atoms with Gasteiger partial charge >= 0.3 is 6.03 Å². The van der Waals surface area contributed by atoms with Crippen molar-refractivity contribution in [3.8, 4) is 0 Å². The molecule has 0 radical (unpaired) electrons. The summed E-state index contributed by atoms with van der Waals surface area (Å²) in [5.74, 6) is 0.497. The summed E-state index contributed by atoms with van der Waals surface area (Å²) in [5.41, 5.74) is 1.34. The lowest BCUT2D eigenvalue weighted by Crippen LogP contribution is -2.57. The van der Waals surface area contributed by atoms with Gasteiger partial charge in [-0.1, -0.05) is 0 Å². The molecule has 2 bridgehead atoms. The van der Waals surface area contributed by atoms with Crippen molar-refractivity contribution in [3.05, 3.63) is 23.9 Å². The number of hydrogen-bond acceptors (Lipinski definition) is 6. The van der Waals surface area contributed by atoms with Crippen LogP contribution in [0.5, 0.6) is 0 Å². The summed E-state index contributed by atoms with van der Waals surface area (Å²) in [6.45, 7) is 4.93. The molecule has 1 atom stereocenters. The fourth-order valence-electron chi connectivity index (χ4n) is 5.00. The van der Waals surface area contributed by atoms with Crippen LogP contribution in [0.25, 0.3) is 10.1 Å². The molecule has 0 unspecified atom stereocenters. The minimum Gasteiger partial charge on any atom is -0.358 e. The van der Waals surface area contributed by atoms with Crippen molar-refractivity contribution in [2.24, 2.45) is 5.92 Å². The number of amides is 3. The summed E-state index contributed by atoms with van der Waals surface area (Å²) in [6, 6.07) is 6.02. The van der Waals surface area contributed by atoms with E-state index in [4.69, 9.17) is 4.74 Å². The van der Waals surface area contributed by atoms with E-state index in [2.05, 4.69) is 14.6 Å². The average molecular weight is 442 g/mol. The Morgan fingerprint density at radius 1 is 1.16 bits per heavy atom. The third kappa shape index (κ3) is 3.68. The van der Waals surface area contributed by atoms with E-state index in [-0.39, 0.29) is 18.0 Å². The van der Waals surface area contributed by atoms with Gasteiger partial charge < -0.3 is 15.0 Å². The van der Waals surface area contributed by atoms with Gasteiger partial charge in [0.25, 0.3) is 5.91 Å². The Labute approximate surface area is 185 Å². The number of rotatable bonds is 6. The first-order valence-corrected chi connectivity index (χ1v) is 12.0. The maximum Gasteiger partial charge on any atom is 0.326 e. The largest absolute Gasteiger partial charge is 0.358 e. The van der Waals surface area contributed by atoms with Crippen molar-refractivity contribution in [2.75, 3.05) is 44.4 Å². The van der Waals surface area contributed by atoms with E-state index >= 15 is 0 Å². The molecular formula is C22H27N5O3S. The number of nitrogens with one attached hydrogen (secondary N) is 1. The van der Waals surface area contributed by atoms with Crippen molar-refractivity contribution >= 4 is 39.2 Å². The number of fused-ring (bicyclic) bond motifs is 4. The molecule has 5 aliphatic rings. The predicted octanol–water partition coefficient (Wildman–Crippen LogP) is 2.50. The molecule has 4 saturated heterocycles. The molecule has 7 rings (SSSR count). The number of carbonyl (C=O) groups excluding carboxylic acids is 2. The highest BCUT2D eigenvalue weighted by molar-refractivity contribution is 7.13. The quantitative estimate of drug-likeness (QED) is 0.745. The zero-order valence-electron chi connectivity index (χ0n) is 17.5. The molecule has 1 aromatic carbocycles. The van der Waals surface area contributed by atoms with Gasteiger partial charge in [-0.3, -0.25) is 14.6 Å². The molecule has 0 spiro atoms. The first kappa shape index (κ1) is 19.5. The number of hydrogen-bond donors (Lipinski definition) is 1. The molecule has 31 heavy (non-hydrogen) atoms. The van der Waals surface area contributed by atoms with Gasteiger partial charge in [0.15, 0.2) is 0 Å². The first-order chi connectivity index (χ1) is 15.2. The number of aromatic nitrogens is 1. The van der Waals surface area contributed by atoms with Gasteiger partial charge in [0, 0.05) is 36.7 Å². The van der Waals surface area contributed by atoms with Crippen LogP contribution in [-0.4, -0.2) is 77.7 Å². The van der Waals surface area contributed by atoms with Gasteiger partial charge in [-0.15, -0.1) is 0 Å². The van der Waals surface area contributed by atoms with Gasteiger partial charge in [0.05, 0.1) is 10.8 Å². The second kappa shape index (κ2) is 7.72. The van der Waals surface area contributed by atoms with Gasteiger partial charge in [0.2, 0.25) is 0 Å². The van der Waals surface area contributed by atoms with Crippen LogP contribution in [0, 0.1) is 5.92 Å². The van der Waals surface area contributed by atoms with Crippen LogP contribution in [0.1, 0.15) is 36.2 Å². The van der Waals surface area contributed by atoms with E-state index in [0.29, 0.717) is 37.5 Å². The van der Waals surface area contributed by atoms with Crippen molar-refractivity contribution in [1.29, 1.82) is 0 Å². The van der Waals surface area contributed by atoms with E-state index in [1.165, 1.54) is 24.4 Å². The first-order valence-electron chi connectivity index (χ1n) is 11.3. The number of ether oxygens (including phenoxy) is 1. The fraction of sp³-hybridized carbons (Fsp3) is 0.591. The normalized spacial score (nSPS) is 28.0. The van der Waals surface area contributed by atoms with Crippen LogP contribution >= 0.6 is 11.5 Å². The Morgan fingerprint density at radius 3 is 2.74 bits per heavy atom. The summed E-state index contributed by atoms with van der Waals surface area (Å²) in [5, 5.41) is 4.09. The molecule has 1 saturated carbocycles. The Morgan fingerprint density at radius 2 is 2.00 bits per heavy atom. The van der Waals surface area contributed by atoms with Crippen LogP contribution < -0.4 is 10.2 Å². The summed E-state index contributed by atoms with van der Waals surface area (Å²) in [4.78, 5) is 31.7. The van der Waals surface area contributed by atoms with E-state index < -0.39 is 0 Å². The molecule has 1 aliphatic carbocycles. The lowest BCUT2D eigenvalue weighted by Gasteiger charge is -2.44. The zero-order chi connectivity index (χ0) is 20.9. The molecule has 2 aromatic rings. The SMILES string of the molecule is O=C(N[C@@H]1CN2CCC1CC2)c1nsc2cc(N3CCN(COC4CC4)C3=O)ccc12. The van der Waals surface area contributed by atoms with Gasteiger partial charge in [-0.2, -0.15) is 4.37 Å². The highest BCUT2D eigenvalue weighted by Crippen LogP contribution is 2.31. The van der Waals surface area contributed by atoms with E-state index in [0.717, 1.165) is 48.2 Å². The molecule has 1 N–H and O–H groups in total. The predicted molar refractivity (Wildman–Crippen MR) is 118 cm³/mol. The summed E-state index contributed by atoms with van der Waals surface area (Å²) < 4.78 is 11.1. The third-order valence-electron chi connectivity index (χ3n) is 7.04. The van der Waals surface area contributed by atoms with Crippen LogP contribution in [0.15, 0.2) is 18.2 Å². The van der Waals surface area contributed by atoms with Crippen LogP contribution in [-0.2, 0) is 4.74 Å². The summed E-state index contributed by atoms with van der Waals surface area (Å²) in [7, 11) is 0. The lowest BCUT2D eigenvalue weighted by atomic mass is 9.84. The van der Waals surface area contributed by atoms with Crippen LogP contribution in [0.2, 0.25) is 0 Å². The summed E-state index contributed by atoms with van der Waals surface area (Å²) >= 11 is 1.32. The molecule has 4 aliphatic heterocycles. The number of anilines is 1. The van der Waals surface area contributed by atoms with Crippen molar-refractivity contribution in [2.45, 2.75) is 37.8 Å². The number of carbonyl (C=O) groups is 2.